The van der Waals surface area contributed by atoms with Crippen molar-refractivity contribution < 1.29 is 19.1 Å². The molecule has 1 aliphatic rings. The number of ether oxygens (including phenoxy) is 2. The molecule has 0 saturated carbocycles. The van der Waals surface area contributed by atoms with E-state index in [1.807, 2.05) is 57.5 Å². The predicted octanol–water partition coefficient (Wildman–Crippen LogP) is 5.90. The SMILES string of the molecule is CCOC(=O)C=Cc1cc2c(cc1OC)CCn1c(C(=O)N(C)C(C)(C)C)cc(-c3cccs3)c1-2. The van der Waals surface area contributed by atoms with E-state index in [1.54, 1.807) is 36.3 Å². The molecule has 35 heavy (non-hydrogen) atoms. The number of amides is 1. The second kappa shape index (κ2) is 9.74. The molecule has 0 saturated heterocycles. The normalized spacial score (nSPS) is 12.9. The van der Waals surface area contributed by atoms with Gasteiger partial charge in [0.25, 0.3) is 5.91 Å². The van der Waals surface area contributed by atoms with Gasteiger partial charge in [-0.25, -0.2) is 4.79 Å². The molecule has 1 aliphatic heterocycles. The number of fused-ring (bicyclic) bond motifs is 3. The van der Waals surface area contributed by atoms with Crippen molar-refractivity contribution in [2.24, 2.45) is 0 Å². The van der Waals surface area contributed by atoms with E-state index in [9.17, 15) is 9.59 Å². The Morgan fingerprint density at radius 3 is 2.60 bits per heavy atom. The third-order valence-corrected chi connectivity index (χ3v) is 7.32. The van der Waals surface area contributed by atoms with Crippen molar-refractivity contribution in [3.63, 3.8) is 0 Å². The van der Waals surface area contributed by atoms with Crippen molar-refractivity contribution >= 4 is 29.3 Å². The van der Waals surface area contributed by atoms with Crippen LogP contribution in [0.15, 0.2) is 41.8 Å². The third-order valence-electron chi connectivity index (χ3n) is 6.41. The van der Waals surface area contributed by atoms with Crippen molar-refractivity contribution in [3.8, 4) is 27.4 Å². The van der Waals surface area contributed by atoms with Crippen molar-refractivity contribution in [1.29, 1.82) is 0 Å². The number of benzene rings is 1. The van der Waals surface area contributed by atoms with E-state index in [2.05, 4.69) is 10.6 Å². The summed E-state index contributed by atoms with van der Waals surface area (Å²) in [6.07, 6.45) is 3.92. The van der Waals surface area contributed by atoms with Crippen molar-refractivity contribution in [2.75, 3.05) is 20.8 Å². The van der Waals surface area contributed by atoms with E-state index in [4.69, 9.17) is 9.47 Å². The number of carbonyl (C=O) groups excluding carboxylic acids is 2. The molecule has 1 aromatic carbocycles. The van der Waals surface area contributed by atoms with Gasteiger partial charge in [0.1, 0.15) is 11.4 Å². The minimum atomic E-state index is -0.395. The molecule has 0 spiro atoms. The molecule has 0 unspecified atom stereocenters. The first-order chi connectivity index (χ1) is 16.7. The number of aryl methyl sites for hydroxylation is 1. The number of aromatic nitrogens is 1. The maximum Gasteiger partial charge on any atom is 0.330 e. The first-order valence-electron chi connectivity index (χ1n) is 11.8. The van der Waals surface area contributed by atoms with Gasteiger partial charge in [-0.15, -0.1) is 11.3 Å². The number of methoxy groups -OCH3 is 1. The van der Waals surface area contributed by atoms with Gasteiger partial charge in [-0.05, 0) is 75.4 Å². The summed E-state index contributed by atoms with van der Waals surface area (Å²) in [5.74, 6) is 0.305. The molecule has 184 valence electrons. The zero-order valence-corrected chi connectivity index (χ0v) is 22.0. The van der Waals surface area contributed by atoms with E-state index in [0.717, 1.165) is 39.2 Å². The van der Waals surface area contributed by atoms with Crippen LogP contribution in [0.1, 0.15) is 49.3 Å². The molecule has 0 N–H and O–H groups in total. The minimum Gasteiger partial charge on any atom is -0.496 e. The molecule has 7 heteroatoms. The first-order valence-corrected chi connectivity index (χ1v) is 12.6. The van der Waals surface area contributed by atoms with Crippen LogP contribution in [0.25, 0.3) is 27.8 Å². The van der Waals surface area contributed by atoms with Crippen LogP contribution < -0.4 is 4.74 Å². The standard InChI is InChI=1S/C28H32N2O4S/c1-7-34-25(31)11-10-19-15-20-18(16-23(19)33-6)12-13-30-22(27(32)29(5)28(2,3)4)17-21(26(20)30)24-9-8-14-35-24/h8-11,14-17H,7,12-13H2,1-6H3. The first kappa shape index (κ1) is 24.8. The number of esters is 1. The molecule has 4 rings (SSSR count). The van der Waals surface area contributed by atoms with Gasteiger partial charge in [-0.1, -0.05) is 6.07 Å². The van der Waals surface area contributed by atoms with Crippen LogP contribution in [0.2, 0.25) is 0 Å². The fourth-order valence-corrected chi connectivity index (χ4v) is 5.04. The number of carbonyl (C=O) groups is 2. The van der Waals surface area contributed by atoms with Gasteiger partial charge in [-0.3, -0.25) is 4.79 Å². The summed E-state index contributed by atoms with van der Waals surface area (Å²) in [6.45, 7) is 8.91. The molecule has 2 aromatic heterocycles. The van der Waals surface area contributed by atoms with Crippen LogP contribution in [0, 0.1) is 0 Å². The van der Waals surface area contributed by atoms with Crippen molar-refractivity contribution in [2.45, 2.75) is 46.2 Å². The lowest BCUT2D eigenvalue weighted by Gasteiger charge is -2.32. The second-order valence-corrected chi connectivity index (χ2v) is 10.5. The van der Waals surface area contributed by atoms with Crippen LogP contribution in [0.5, 0.6) is 5.75 Å². The Balaban J connectivity index is 1.90. The summed E-state index contributed by atoms with van der Waals surface area (Å²) in [5.41, 5.74) is 5.43. The molecule has 0 radical (unpaired) electrons. The Labute approximate surface area is 210 Å². The number of rotatable bonds is 6. The Morgan fingerprint density at radius 1 is 1.20 bits per heavy atom. The Kier molecular flexibility index (Phi) is 6.90. The van der Waals surface area contributed by atoms with E-state index in [1.165, 1.54) is 6.08 Å². The van der Waals surface area contributed by atoms with Gasteiger partial charge in [0.2, 0.25) is 0 Å². The molecule has 3 heterocycles. The van der Waals surface area contributed by atoms with Gasteiger partial charge >= 0.3 is 5.97 Å². The molecule has 3 aromatic rings. The van der Waals surface area contributed by atoms with E-state index in [0.29, 0.717) is 24.6 Å². The highest BCUT2D eigenvalue weighted by atomic mass is 32.1. The maximum absolute atomic E-state index is 13.6. The summed E-state index contributed by atoms with van der Waals surface area (Å²) in [7, 11) is 3.48. The summed E-state index contributed by atoms with van der Waals surface area (Å²) >= 11 is 1.66. The largest absolute Gasteiger partial charge is 0.496 e. The molecular formula is C28H32N2O4S. The zero-order chi connectivity index (χ0) is 25.3. The van der Waals surface area contributed by atoms with Crippen LogP contribution in [-0.2, 0) is 22.5 Å². The average Bonchev–Trinajstić information content (AvgIpc) is 3.48. The number of hydrogen-bond donors (Lipinski definition) is 0. The Morgan fingerprint density at radius 2 is 1.97 bits per heavy atom. The molecule has 0 bridgehead atoms. The lowest BCUT2D eigenvalue weighted by Crippen LogP contribution is -2.43. The van der Waals surface area contributed by atoms with Crippen molar-refractivity contribution in [3.05, 3.63) is 58.6 Å². The molecule has 6 nitrogen and oxygen atoms in total. The van der Waals surface area contributed by atoms with Gasteiger partial charge in [0.15, 0.2) is 0 Å². The minimum absolute atomic E-state index is 0.000878. The average molecular weight is 493 g/mol. The van der Waals surface area contributed by atoms with Crippen LogP contribution >= 0.6 is 11.3 Å². The van der Waals surface area contributed by atoms with Gasteiger partial charge in [-0.2, -0.15) is 0 Å². The Hall–Kier alpha value is -3.32. The summed E-state index contributed by atoms with van der Waals surface area (Å²) < 4.78 is 12.8. The molecule has 0 atom stereocenters. The molecule has 0 fully saturated rings. The zero-order valence-electron chi connectivity index (χ0n) is 21.2. The molecule has 0 aliphatic carbocycles. The molecule has 1 amide bonds. The smallest absolute Gasteiger partial charge is 0.330 e. The summed E-state index contributed by atoms with van der Waals surface area (Å²) in [5, 5.41) is 2.05. The quantitative estimate of drug-likeness (QED) is 0.318. The lowest BCUT2D eigenvalue weighted by molar-refractivity contribution is -0.137. The molecular weight excluding hydrogens is 460 g/mol. The lowest BCUT2D eigenvalue weighted by atomic mass is 9.93. The maximum atomic E-state index is 13.6. The number of hydrogen-bond acceptors (Lipinski definition) is 5. The number of thiophene rings is 1. The van der Waals surface area contributed by atoms with Gasteiger partial charge in [0.05, 0.1) is 19.4 Å². The predicted molar refractivity (Wildman–Crippen MR) is 141 cm³/mol. The summed E-state index contributed by atoms with van der Waals surface area (Å²) in [6, 6.07) is 10.2. The topological polar surface area (TPSA) is 60.8 Å². The van der Waals surface area contributed by atoms with E-state index in [-0.39, 0.29) is 11.4 Å². The number of nitrogens with zero attached hydrogens (tertiary/aromatic N) is 2. The van der Waals surface area contributed by atoms with Crippen LogP contribution in [0.4, 0.5) is 0 Å². The van der Waals surface area contributed by atoms with Gasteiger partial charge in [0, 0.05) is 46.8 Å². The Bertz CT molecular complexity index is 1280. The summed E-state index contributed by atoms with van der Waals surface area (Å²) in [4.78, 5) is 28.4. The highest BCUT2D eigenvalue weighted by Gasteiger charge is 2.31. The second-order valence-electron chi connectivity index (χ2n) is 9.54. The third kappa shape index (κ3) is 4.78. The van der Waals surface area contributed by atoms with Crippen LogP contribution in [0.3, 0.4) is 0 Å². The fraction of sp³-hybridized carbons (Fsp3) is 0.357. The highest BCUT2D eigenvalue weighted by Crippen LogP contribution is 2.44. The van der Waals surface area contributed by atoms with Gasteiger partial charge < -0.3 is 18.9 Å². The monoisotopic (exact) mass is 492 g/mol. The van der Waals surface area contributed by atoms with E-state index >= 15 is 0 Å². The fourth-order valence-electron chi connectivity index (χ4n) is 4.30. The highest BCUT2D eigenvalue weighted by molar-refractivity contribution is 7.13. The van der Waals surface area contributed by atoms with Crippen molar-refractivity contribution in [1.82, 2.24) is 9.47 Å². The van der Waals surface area contributed by atoms with E-state index < -0.39 is 5.97 Å². The van der Waals surface area contributed by atoms with Crippen LogP contribution in [-0.4, -0.2) is 47.6 Å².